The summed E-state index contributed by atoms with van der Waals surface area (Å²) in [4.78, 5) is 23.5. The van der Waals surface area contributed by atoms with Crippen molar-refractivity contribution in [3.8, 4) is 0 Å². The van der Waals surface area contributed by atoms with Gasteiger partial charge in [0, 0.05) is 19.0 Å². The first-order valence-electron chi connectivity index (χ1n) is 5.55. The standard InChI is InChI=1S/C11H18FNO4/c1-11(2,3)17-10(16)13-5-4-7(6-13)8(12)9(14)15/h7-8H,4-6H2,1-3H3,(H,14,15). The second kappa shape index (κ2) is 4.89. The number of carboxylic acids is 1. The SMILES string of the molecule is CC(C)(C)OC(=O)N1CCC(C(F)C(=O)O)C1. The summed E-state index contributed by atoms with van der Waals surface area (Å²) in [5.74, 6) is -2.11. The van der Waals surface area contributed by atoms with E-state index in [0.29, 0.717) is 13.0 Å². The summed E-state index contributed by atoms with van der Waals surface area (Å²) < 4.78 is 18.4. The molecule has 0 aromatic carbocycles. The van der Waals surface area contributed by atoms with E-state index >= 15 is 0 Å². The number of hydrogen-bond donors (Lipinski definition) is 1. The molecule has 0 spiro atoms. The molecule has 0 bridgehead atoms. The van der Waals surface area contributed by atoms with Gasteiger partial charge in [0.1, 0.15) is 5.60 Å². The fourth-order valence-electron chi connectivity index (χ4n) is 1.72. The summed E-state index contributed by atoms with van der Waals surface area (Å²) >= 11 is 0. The minimum Gasteiger partial charge on any atom is -0.479 e. The largest absolute Gasteiger partial charge is 0.479 e. The van der Waals surface area contributed by atoms with Gasteiger partial charge in [0.05, 0.1) is 0 Å². The van der Waals surface area contributed by atoms with E-state index in [9.17, 15) is 14.0 Å². The van der Waals surface area contributed by atoms with Crippen molar-refractivity contribution in [3.05, 3.63) is 0 Å². The maximum absolute atomic E-state index is 13.2. The van der Waals surface area contributed by atoms with Crippen LogP contribution in [0.15, 0.2) is 0 Å². The summed E-state index contributed by atoms with van der Waals surface area (Å²) in [5.41, 5.74) is -0.600. The van der Waals surface area contributed by atoms with Crippen LogP contribution in [0.3, 0.4) is 0 Å². The van der Waals surface area contributed by atoms with Gasteiger partial charge in [-0.3, -0.25) is 0 Å². The second-order valence-corrected chi connectivity index (χ2v) is 5.22. The molecule has 17 heavy (non-hydrogen) atoms. The number of likely N-dealkylation sites (tertiary alicyclic amines) is 1. The molecular formula is C11H18FNO4. The van der Waals surface area contributed by atoms with Crippen LogP contribution in [-0.4, -0.2) is 46.9 Å². The predicted molar refractivity (Wildman–Crippen MR) is 58.4 cm³/mol. The summed E-state index contributed by atoms with van der Waals surface area (Å²) in [5, 5.41) is 8.54. The Hall–Kier alpha value is -1.33. The molecule has 0 aliphatic carbocycles. The molecule has 1 saturated heterocycles. The van der Waals surface area contributed by atoms with Crippen molar-refractivity contribution in [2.45, 2.75) is 39.0 Å². The minimum absolute atomic E-state index is 0.0996. The zero-order valence-corrected chi connectivity index (χ0v) is 10.3. The number of rotatable bonds is 2. The van der Waals surface area contributed by atoms with Crippen LogP contribution in [0.5, 0.6) is 0 Å². The fourth-order valence-corrected chi connectivity index (χ4v) is 1.72. The average molecular weight is 247 g/mol. The lowest BCUT2D eigenvalue weighted by Gasteiger charge is -2.24. The Labute approximate surface area is 99.5 Å². The number of carbonyl (C=O) groups excluding carboxylic acids is 1. The Bertz CT molecular complexity index is 313. The monoisotopic (exact) mass is 247 g/mol. The van der Waals surface area contributed by atoms with Crippen LogP contribution in [0.25, 0.3) is 0 Å². The van der Waals surface area contributed by atoms with Crippen LogP contribution < -0.4 is 0 Å². The Morgan fingerprint density at radius 1 is 1.47 bits per heavy atom. The summed E-state index contributed by atoms with van der Waals surface area (Å²) in [7, 11) is 0. The molecule has 1 rings (SSSR count). The average Bonchev–Trinajstić information content (AvgIpc) is 2.62. The lowest BCUT2D eigenvalue weighted by atomic mass is 10.0. The van der Waals surface area contributed by atoms with E-state index in [1.54, 1.807) is 20.8 Å². The summed E-state index contributed by atoms with van der Waals surface area (Å²) in [6.07, 6.45) is -2.08. The van der Waals surface area contributed by atoms with E-state index in [1.165, 1.54) is 4.90 Å². The van der Waals surface area contributed by atoms with Crippen LogP contribution >= 0.6 is 0 Å². The van der Waals surface area contributed by atoms with E-state index < -0.39 is 29.8 Å². The van der Waals surface area contributed by atoms with Gasteiger partial charge >= 0.3 is 12.1 Å². The molecule has 5 nitrogen and oxygen atoms in total. The summed E-state index contributed by atoms with van der Waals surface area (Å²) in [6, 6.07) is 0. The van der Waals surface area contributed by atoms with Crippen molar-refractivity contribution < 1.29 is 23.8 Å². The van der Waals surface area contributed by atoms with Crippen molar-refractivity contribution in [2.75, 3.05) is 13.1 Å². The highest BCUT2D eigenvalue weighted by Crippen LogP contribution is 2.23. The van der Waals surface area contributed by atoms with Crippen molar-refractivity contribution >= 4 is 12.1 Å². The molecule has 0 aromatic rings. The molecule has 98 valence electrons. The lowest BCUT2D eigenvalue weighted by Crippen LogP contribution is -2.36. The van der Waals surface area contributed by atoms with Gasteiger partial charge in [-0.2, -0.15) is 0 Å². The molecule has 1 fully saturated rings. The zero-order chi connectivity index (χ0) is 13.2. The molecule has 1 N–H and O–H groups in total. The molecule has 6 heteroatoms. The number of carboxylic acid groups (broad SMARTS) is 1. The number of aliphatic carboxylic acids is 1. The zero-order valence-electron chi connectivity index (χ0n) is 10.3. The van der Waals surface area contributed by atoms with E-state index in [-0.39, 0.29) is 6.54 Å². The van der Waals surface area contributed by atoms with Crippen molar-refractivity contribution in [1.82, 2.24) is 4.90 Å². The highest BCUT2D eigenvalue weighted by atomic mass is 19.1. The first kappa shape index (κ1) is 13.7. The van der Waals surface area contributed by atoms with Crippen LogP contribution in [0.2, 0.25) is 0 Å². The van der Waals surface area contributed by atoms with E-state index in [2.05, 4.69) is 0 Å². The Morgan fingerprint density at radius 2 is 2.06 bits per heavy atom. The molecule has 0 saturated carbocycles. The third-order valence-electron chi connectivity index (χ3n) is 2.53. The number of ether oxygens (including phenoxy) is 1. The first-order valence-corrected chi connectivity index (χ1v) is 5.55. The molecule has 1 aliphatic heterocycles. The molecule has 2 atom stereocenters. The second-order valence-electron chi connectivity index (χ2n) is 5.22. The summed E-state index contributed by atoms with van der Waals surface area (Å²) in [6.45, 7) is 5.67. The van der Waals surface area contributed by atoms with Crippen LogP contribution in [0.1, 0.15) is 27.2 Å². The molecule has 1 aliphatic rings. The van der Waals surface area contributed by atoms with E-state index in [1.807, 2.05) is 0 Å². The van der Waals surface area contributed by atoms with Crippen molar-refractivity contribution in [1.29, 1.82) is 0 Å². The Kier molecular flexibility index (Phi) is 3.95. The van der Waals surface area contributed by atoms with Crippen LogP contribution in [0.4, 0.5) is 9.18 Å². The van der Waals surface area contributed by atoms with Gasteiger partial charge in [0.2, 0.25) is 6.17 Å². The van der Waals surface area contributed by atoms with Gasteiger partial charge in [-0.15, -0.1) is 0 Å². The van der Waals surface area contributed by atoms with Gasteiger partial charge in [-0.1, -0.05) is 0 Å². The maximum Gasteiger partial charge on any atom is 0.410 e. The van der Waals surface area contributed by atoms with Crippen LogP contribution in [0, 0.1) is 5.92 Å². The van der Waals surface area contributed by atoms with Crippen molar-refractivity contribution in [2.24, 2.45) is 5.92 Å². The van der Waals surface area contributed by atoms with Gasteiger partial charge in [0.25, 0.3) is 0 Å². The Morgan fingerprint density at radius 3 is 2.53 bits per heavy atom. The third-order valence-corrected chi connectivity index (χ3v) is 2.53. The van der Waals surface area contributed by atoms with Crippen molar-refractivity contribution in [3.63, 3.8) is 0 Å². The van der Waals surface area contributed by atoms with Crippen LogP contribution in [-0.2, 0) is 9.53 Å². The molecule has 2 unspecified atom stereocenters. The molecule has 0 aromatic heterocycles. The predicted octanol–water partition coefficient (Wildman–Crippen LogP) is 1.67. The fraction of sp³-hybridized carbons (Fsp3) is 0.818. The maximum atomic E-state index is 13.2. The number of amides is 1. The minimum atomic E-state index is -1.91. The lowest BCUT2D eigenvalue weighted by molar-refractivity contribution is -0.144. The molecule has 1 amide bonds. The number of hydrogen-bond acceptors (Lipinski definition) is 3. The van der Waals surface area contributed by atoms with Gasteiger partial charge in [0.15, 0.2) is 0 Å². The van der Waals surface area contributed by atoms with Gasteiger partial charge in [-0.05, 0) is 27.2 Å². The Balaban J connectivity index is 2.50. The van der Waals surface area contributed by atoms with Gasteiger partial charge in [-0.25, -0.2) is 14.0 Å². The normalized spacial score (nSPS) is 22.4. The van der Waals surface area contributed by atoms with E-state index in [0.717, 1.165) is 0 Å². The highest BCUT2D eigenvalue weighted by molar-refractivity contribution is 5.73. The number of alkyl halides is 1. The van der Waals surface area contributed by atoms with E-state index in [4.69, 9.17) is 9.84 Å². The quantitative estimate of drug-likeness (QED) is 0.806. The molecule has 0 radical (unpaired) electrons. The molecular weight excluding hydrogens is 229 g/mol. The highest BCUT2D eigenvalue weighted by Gasteiger charge is 2.37. The molecule has 1 heterocycles. The topological polar surface area (TPSA) is 66.8 Å². The number of nitrogens with zero attached hydrogens (tertiary/aromatic N) is 1. The first-order chi connectivity index (χ1) is 7.70. The smallest absolute Gasteiger partial charge is 0.410 e. The number of carbonyl (C=O) groups is 2. The van der Waals surface area contributed by atoms with Gasteiger partial charge < -0.3 is 14.7 Å². The third kappa shape index (κ3) is 3.87. The number of halogens is 1.